The smallest absolute Gasteiger partial charge is 0.272 e. The fourth-order valence-electron chi connectivity index (χ4n) is 1.59. The van der Waals surface area contributed by atoms with Crippen molar-refractivity contribution in [2.24, 2.45) is 5.41 Å². The average molecular weight is 236 g/mol. The molecule has 0 heterocycles. The van der Waals surface area contributed by atoms with E-state index in [1.54, 1.807) is 12.1 Å². The van der Waals surface area contributed by atoms with E-state index < -0.39 is 0 Å². The van der Waals surface area contributed by atoms with Gasteiger partial charge in [-0.3, -0.25) is 10.1 Å². The number of hydrogen-bond acceptors (Lipinski definition) is 3. The Labute approximate surface area is 102 Å². The molecule has 0 saturated heterocycles. The van der Waals surface area contributed by atoms with Crippen LogP contribution in [-0.4, -0.2) is 18.0 Å². The number of nitro benzene ring substituents is 1. The zero-order valence-electron chi connectivity index (χ0n) is 10.7. The second-order valence-corrected chi connectivity index (χ2v) is 5.37. The molecule has 0 radical (unpaired) electrons. The monoisotopic (exact) mass is 236 g/mol. The van der Waals surface area contributed by atoms with E-state index in [1.807, 2.05) is 12.1 Å². The van der Waals surface area contributed by atoms with Crippen LogP contribution in [-0.2, 0) is 6.42 Å². The van der Waals surface area contributed by atoms with E-state index >= 15 is 0 Å². The second kappa shape index (κ2) is 5.77. The molecule has 0 amide bonds. The molecule has 0 saturated carbocycles. The van der Waals surface area contributed by atoms with Crippen molar-refractivity contribution in [3.05, 3.63) is 39.9 Å². The van der Waals surface area contributed by atoms with Gasteiger partial charge in [0.25, 0.3) is 5.69 Å². The van der Waals surface area contributed by atoms with Gasteiger partial charge in [-0.2, -0.15) is 0 Å². The van der Waals surface area contributed by atoms with Gasteiger partial charge in [0.1, 0.15) is 0 Å². The Morgan fingerprint density at radius 2 is 1.94 bits per heavy atom. The van der Waals surface area contributed by atoms with Crippen LogP contribution in [0.2, 0.25) is 0 Å². The Morgan fingerprint density at radius 3 is 2.53 bits per heavy atom. The molecule has 1 rings (SSSR count). The average Bonchev–Trinajstić information content (AvgIpc) is 2.23. The van der Waals surface area contributed by atoms with Gasteiger partial charge in [-0.25, -0.2) is 0 Å². The minimum absolute atomic E-state index is 0.213. The van der Waals surface area contributed by atoms with Gasteiger partial charge in [-0.05, 0) is 18.4 Å². The van der Waals surface area contributed by atoms with Crippen LogP contribution in [0.15, 0.2) is 24.3 Å². The van der Waals surface area contributed by atoms with Gasteiger partial charge in [0.2, 0.25) is 0 Å². The second-order valence-electron chi connectivity index (χ2n) is 5.37. The van der Waals surface area contributed by atoms with Gasteiger partial charge in [0.15, 0.2) is 0 Å². The molecule has 17 heavy (non-hydrogen) atoms. The minimum Gasteiger partial charge on any atom is -0.316 e. The first-order chi connectivity index (χ1) is 7.90. The molecule has 0 atom stereocenters. The maximum absolute atomic E-state index is 10.8. The van der Waals surface area contributed by atoms with E-state index in [2.05, 4.69) is 26.1 Å². The summed E-state index contributed by atoms with van der Waals surface area (Å²) in [6.07, 6.45) is 0.688. The van der Waals surface area contributed by atoms with Gasteiger partial charge in [0, 0.05) is 18.2 Å². The largest absolute Gasteiger partial charge is 0.316 e. The molecule has 0 spiro atoms. The van der Waals surface area contributed by atoms with E-state index in [4.69, 9.17) is 0 Å². The summed E-state index contributed by atoms with van der Waals surface area (Å²) < 4.78 is 0. The van der Waals surface area contributed by atoms with Crippen molar-refractivity contribution in [3.63, 3.8) is 0 Å². The van der Waals surface area contributed by atoms with E-state index in [0.717, 1.165) is 18.7 Å². The van der Waals surface area contributed by atoms with Gasteiger partial charge in [-0.1, -0.05) is 39.0 Å². The molecule has 1 aromatic rings. The predicted molar refractivity (Wildman–Crippen MR) is 69.1 cm³/mol. The number of nitrogens with zero attached hydrogens (tertiary/aromatic N) is 1. The third kappa shape index (κ3) is 4.95. The van der Waals surface area contributed by atoms with Crippen LogP contribution < -0.4 is 5.32 Å². The SMILES string of the molecule is CC(C)(C)CNCCc1ccccc1[N+](=O)[O-]. The van der Waals surface area contributed by atoms with Gasteiger partial charge < -0.3 is 5.32 Å². The van der Waals surface area contributed by atoms with E-state index in [-0.39, 0.29) is 16.0 Å². The first-order valence-electron chi connectivity index (χ1n) is 5.83. The maximum atomic E-state index is 10.8. The zero-order chi connectivity index (χ0) is 12.9. The molecule has 0 unspecified atom stereocenters. The molecule has 0 aliphatic rings. The highest BCUT2D eigenvalue weighted by Crippen LogP contribution is 2.17. The highest BCUT2D eigenvalue weighted by atomic mass is 16.6. The summed E-state index contributed by atoms with van der Waals surface area (Å²) in [6, 6.07) is 6.91. The fourth-order valence-corrected chi connectivity index (χ4v) is 1.59. The zero-order valence-corrected chi connectivity index (χ0v) is 10.7. The van der Waals surface area contributed by atoms with E-state index in [0.29, 0.717) is 6.42 Å². The lowest BCUT2D eigenvalue weighted by Gasteiger charge is -2.18. The van der Waals surface area contributed by atoms with Crippen LogP contribution in [0.25, 0.3) is 0 Å². The van der Waals surface area contributed by atoms with Crippen molar-refractivity contribution in [1.82, 2.24) is 5.32 Å². The van der Waals surface area contributed by atoms with Gasteiger partial charge >= 0.3 is 0 Å². The molecule has 1 aromatic carbocycles. The summed E-state index contributed by atoms with van der Waals surface area (Å²) >= 11 is 0. The Hall–Kier alpha value is -1.42. The van der Waals surface area contributed by atoms with Crippen LogP contribution in [0.4, 0.5) is 5.69 Å². The van der Waals surface area contributed by atoms with Crippen LogP contribution in [0, 0.1) is 15.5 Å². The number of para-hydroxylation sites is 1. The quantitative estimate of drug-likeness (QED) is 0.486. The summed E-state index contributed by atoms with van der Waals surface area (Å²) in [7, 11) is 0. The topological polar surface area (TPSA) is 55.2 Å². The molecular formula is C13H20N2O2. The maximum Gasteiger partial charge on any atom is 0.272 e. The minimum atomic E-state index is -0.320. The normalized spacial score (nSPS) is 11.5. The molecule has 1 N–H and O–H groups in total. The van der Waals surface area contributed by atoms with Crippen LogP contribution in [0.3, 0.4) is 0 Å². The third-order valence-electron chi connectivity index (χ3n) is 2.41. The molecular weight excluding hydrogens is 216 g/mol. The molecule has 94 valence electrons. The number of hydrogen-bond donors (Lipinski definition) is 1. The Bertz CT molecular complexity index is 383. The van der Waals surface area contributed by atoms with Gasteiger partial charge in [-0.15, -0.1) is 0 Å². The summed E-state index contributed by atoms with van der Waals surface area (Å²) in [5.41, 5.74) is 1.24. The van der Waals surface area contributed by atoms with Crippen LogP contribution in [0.5, 0.6) is 0 Å². The molecule has 0 aliphatic carbocycles. The van der Waals surface area contributed by atoms with E-state index in [9.17, 15) is 10.1 Å². The summed E-state index contributed by atoms with van der Waals surface area (Å²) in [5.74, 6) is 0. The first-order valence-corrected chi connectivity index (χ1v) is 5.83. The van der Waals surface area contributed by atoms with Gasteiger partial charge in [0.05, 0.1) is 4.92 Å². The number of nitrogens with one attached hydrogen (secondary N) is 1. The van der Waals surface area contributed by atoms with E-state index in [1.165, 1.54) is 0 Å². The molecule has 0 fully saturated rings. The number of nitro groups is 1. The highest BCUT2D eigenvalue weighted by molar-refractivity contribution is 5.39. The molecule has 4 nitrogen and oxygen atoms in total. The molecule has 0 aromatic heterocycles. The molecule has 4 heteroatoms. The van der Waals surface area contributed by atoms with Crippen LogP contribution >= 0.6 is 0 Å². The number of rotatable bonds is 5. The van der Waals surface area contributed by atoms with Crippen molar-refractivity contribution in [2.75, 3.05) is 13.1 Å². The number of benzene rings is 1. The predicted octanol–water partition coefficient (Wildman–Crippen LogP) is 2.77. The Kier molecular flexibility index (Phi) is 4.63. The molecule has 0 bridgehead atoms. The first kappa shape index (κ1) is 13.6. The standard InChI is InChI=1S/C13H20N2O2/c1-13(2,3)10-14-9-8-11-6-4-5-7-12(11)15(16)17/h4-7,14H,8-10H2,1-3H3. The van der Waals surface area contributed by atoms with Crippen LogP contribution in [0.1, 0.15) is 26.3 Å². The van der Waals surface area contributed by atoms with Crippen molar-refractivity contribution >= 4 is 5.69 Å². The lowest BCUT2D eigenvalue weighted by atomic mass is 9.97. The fraction of sp³-hybridized carbons (Fsp3) is 0.538. The Balaban J connectivity index is 2.49. The third-order valence-corrected chi connectivity index (χ3v) is 2.41. The van der Waals surface area contributed by atoms with Crippen molar-refractivity contribution in [1.29, 1.82) is 0 Å². The lowest BCUT2D eigenvalue weighted by Crippen LogP contribution is -2.28. The summed E-state index contributed by atoms with van der Waals surface area (Å²) in [5, 5.41) is 14.1. The van der Waals surface area contributed by atoms with Crippen molar-refractivity contribution < 1.29 is 4.92 Å². The lowest BCUT2D eigenvalue weighted by molar-refractivity contribution is -0.385. The molecule has 0 aliphatic heterocycles. The highest BCUT2D eigenvalue weighted by Gasteiger charge is 2.12. The van der Waals surface area contributed by atoms with Crippen molar-refractivity contribution in [2.45, 2.75) is 27.2 Å². The Morgan fingerprint density at radius 1 is 1.29 bits per heavy atom. The summed E-state index contributed by atoms with van der Waals surface area (Å²) in [6.45, 7) is 8.15. The van der Waals surface area contributed by atoms with Crippen molar-refractivity contribution in [3.8, 4) is 0 Å². The summed E-state index contributed by atoms with van der Waals surface area (Å²) in [4.78, 5) is 10.5.